The Kier molecular flexibility index (Phi) is 5.89. The molecular formula is C13H25ClN2O2. The number of carbonyl (C=O) groups is 1. The number of hydrogen-bond acceptors (Lipinski definition) is 3. The van der Waals surface area contributed by atoms with Gasteiger partial charge in [0, 0.05) is 25.1 Å². The molecule has 1 amide bonds. The van der Waals surface area contributed by atoms with E-state index < -0.39 is 0 Å². The molecule has 0 saturated carbocycles. The number of aliphatic hydroxyl groups is 1. The highest BCUT2D eigenvalue weighted by Crippen LogP contribution is 2.32. The van der Waals surface area contributed by atoms with E-state index in [0.29, 0.717) is 11.8 Å². The lowest BCUT2D eigenvalue weighted by molar-refractivity contribution is -0.144. The summed E-state index contributed by atoms with van der Waals surface area (Å²) in [5.74, 6) is 0.732. The van der Waals surface area contributed by atoms with E-state index in [0.717, 1.165) is 51.9 Å². The first-order valence-electron chi connectivity index (χ1n) is 6.77. The van der Waals surface area contributed by atoms with Crippen LogP contribution in [0.15, 0.2) is 0 Å². The van der Waals surface area contributed by atoms with Crippen LogP contribution in [0.25, 0.3) is 0 Å². The standard InChI is InChI=1S/C13H24N2O2.ClH/c1-13(4-6-14-7-5-13)12(17)15-8-2-11(10-16)3-9-15;/h11,14,16H,2-10H2,1H3;1H. The summed E-state index contributed by atoms with van der Waals surface area (Å²) in [7, 11) is 0. The third kappa shape index (κ3) is 3.37. The van der Waals surface area contributed by atoms with Gasteiger partial charge in [-0.05, 0) is 44.7 Å². The third-order valence-corrected chi connectivity index (χ3v) is 4.38. The van der Waals surface area contributed by atoms with Crippen LogP contribution in [0, 0.1) is 11.3 Å². The number of carbonyl (C=O) groups excluding carboxylic acids is 1. The van der Waals surface area contributed by atoms with E-state index in [2.05, 4.69) is 12.2 Å². The van der Waals surface area contributed by atoms with Gasteiger partial charge in [0.25, 0.3) is 0 Å². The third-order valence-electron chi connectivity index (χ3n) is 4.38. The molecule has 2 N–H and O–H groups in total. The van der Waals surface area contributed by atoms with Crippen molar-refractivity contribution in [1.29, 1.82) is 0 Å². The van der Waals surface area contributed by atoms with Gasteiger partial charge in [-0.1, -0.05) is 6.92 Å². The number of aliphatic hydroxyl groups excluding tert-OH is 1. The summed E-state index contributed by atoms with van der Waals surface area (Å²) in [5, 5.41) is 12.4. The van der Waals surface area contributed by atoms with Gasteiger partial charge in [-0.25, -0.2) is 0 Å². The van der Waals surface area contributed by atoms with Crippen LogP contribution in [0.1, 0.15) is 32.6 Å². The van der Waals surface area contributed by atoms with Crippen molar-refractivity contribution in [2.45, 2.75) is 32.6 Å². The molecule has 2 saturated heterocycles. The maximum absolute atomic E-state index is 12.5. The predicted octanol–water partition coefficient (Wildman–Crippen LogP) is 1.03. The number of nitrogens with zero attached hydrogens (tertiary/aromatic N) is 1. The molecule has 5 heteroatoms. The van der Waals surface area contributed by atoms with Crippen molar-refractivity contribution in [2.75, 3.05) is 32.8 Å². The Balaban J connectivity index is 0.00000162. The Morgan fingerprint density at radius 2 is 1.89 bits per heavy atom. The Bertz CT molecular complexity index is 272. The van der Waals surface area contributed by atoms with Gasteiger partial charge in [-0.3, -0.25) is 4.79 Å². The van der Waals surface area contributed by atoms with E-state index in [-0.39, 0.29) is 24.4 Å². The van der Waals surface area contributed by atoms with Crippen LogP contribution in [0.5, 0.6) is 0 Å². The lowest BCUT2D eigenvalue weighted by atomic mass is 9.79. The number of amides is 1. The number of halogens is 1. The van der Waals surface area contributed by atoms with E-state index >= 15 is 0 Å². The first-order valence-corrected chi connectivity index (χ1v) is 6.77. The van der Waals surface area contributed by atoms with Crippen molar-refractivity contribution in [2.24, 2.45) is 11.3 Å². The molecule has 2 rings (SSSR count). The summed E-state index contributed by atoms with van der Waals surface area (Å²) in [5.41, 5.74) is -0.155. The molecule has 106 valence electrons. The monoisotopic (exact) mass is 276 g/mol. The lowest BCUT2D eigenvalue weighted by Crippen LogP contribution is -2.50. The molecule has 0 aromatic heterocycles. The molecule has 0 bridgehead atoms. The molecule has 2 heterocycles. The summed E-state index contributed by atoms with van der Waals surface area (Å²) in [6.45, 7) is 5.93. The summed E-state index contributed by atoms with van der Waals surface area (Å²) >= 11 is 0. The second kappa shape index (κ2) is 6.73. The average molecular weight is 277 g/mol. The van der Waals surface area contributed by atoms with Crippen LogP contribution in [0.3, 0.4) is 0 Å². The highest BCUT2D eigenvalue weighted by Gasteiger charge is 2.38. The van der Waals surface area contributed by atoms with Gasteiger partial charge >= 0.3 is 0 Å². The molecule has 2 aliphatic heterocycles. The van der Waals surface area contributed by atoms with Crippen molar-refractivity contribution < 1.29 is 9.90 Å². The zero-order valence-corrected chi connectivity index (χ0v) is 12.0. The van der Waals surface area contributed by atoms with Crippen LogP contribution in [0.4, 0.5) is 0 Å². The van der Waals surface area contributed by atoms with Gasteiger partial charge in [0.2, 0.25) is 5.91 Å². The van der Waals surface area contributed by atoms with E-state index in [9.17, 15) is 4.79 Å². The minimum atomic E-state index is -0.155. The van der Waals surface area contributed by atoms with Crippen LogP contribution in [0.2, 0.25) is 0 Å². The van der Waals surface area contributed by atoms with E-state index in [4.69, 9.17) is 5.11 Å². The van der Waals surface area contributed by atoms with Crippen molar-refractivity contribution in [3.8, 4) is 0 Å². The van der Waals surface area contributed by atoms with Crippen LogP contribution in [-0.4, -0.2) is 48.7 Å². The van der Waals surface area contributed by atoms with Gasteiger partial charge in [0.1, 0.15) is 0 Å². The predicted molar refractivity (Wildman–Crippen MR) is 73.8 cm³/mol. The molecule has 0 aromatic rings. The van der Waals surface area contributed by atoms with Gasteiger partial charge in [-0.2, -0.15) is 0 Å². The normalized spacial score (nSPS) is 24.4. The number of piperidine rings is 2. The topological polar surface area (TPSA) is 52.6 Å². The zero-order chi connectivity index (χ0) is 12.3. The molecule has 2 aliphatic rings. The molecule has 0 atom stereocenters. The van der Waals surface area contributed by atoms with Gasteiger partial charge in [0.05, 0.1) is 0 Å². The minimum Gasteiger partial charge on any atom is -0.396 e. The molecule has 0 spiro atoms. The molecule has 0 unspecified atom stereocenters. The quantitative estimate of drug-likeness (QED) is 0.792. The molecule has 0 aliphatic carbocycles. The van der Waals surface area contributed by atoms with Crippen LogP contribution >= 0.6 is 12.4 Å². The fourth-order valence-electron chi connectivity index (χ4n) is 2.89. The Labute approximate surface area is 116 Å². The fraction of sp³-hybridized carbons (Fsp3) is 0.923. The lowest BCUT2D eigenvalue weighted by Gasteiger charge is -2.40. The zero-order valence-electron chi connectivity index (χ0n) is 11.2. The highest BCUT2D eigenvalue weighted by molar-refractivity contribution is 5.85. The fourth-order valence-corrected chi connectivity index (χ4v) is 2.89. The second-order valence-corrected chi connectivity index (χ2v) is 5.73. The molecule has 2 fully saturated rings. The van der Waals surface area contributed by atoms with Crippen molar-refractivity contribution in [3.05, 3.63) is 0 Å². The molecule has 0 radical (unpaired) electrons. The van der Waals surface area contributed by atoms with Crippen LogP contribution < -0.4 is 5.32 Å². The first kappa shape index (κ1) is 15.7. The van der Waals surface area contributed by atoms with Gasteiger partial charge < -0.3 is 15.3 Å². The molecular weight excluding hydrogens is 252 g/mol. The minimum absolute atomic E-state index is 0. The largest absolute Gasteiger partial charge is 0.396 e. The van der Waals surface area contributed by atoms with E-state index in [1.165, 1.54) is 0 Å². The number of likely N-dealkylation sites (tertiary alicyclic amines) is 1. The van der Waals surface area contributed by atoms with E-state index in [1.54, 1.807) is 0 Å². The summed E-state index contributed by atoms with van der Waals surface area (Å²) in [6, 6.07) is 0. The summed E-state index contributed by atoms with van der Waals surface area (Å²) < 4.78 is 0. The van der Waals surface area contributed by atoms with Gasteiger partial charge in [0.15, 0.2) is 0 Å². The summed E-state index contributed by atoms with van der Waals surface area (Å²) in [4.78, 5) is 14.5. The smallest absolute Gasteiger partial charge is 0.228 e. The molecule has 0 aromatic carbocycles. The Morgan fingerprint density at radius 3 is 2.39 bits per heavy atom. The molecule has 4 nitrogen and oxygen atoms in total. The van der Waals surface area contributed by atoms with E-state index in [1.807, 2.05) is 4.90 Å². The molecule has 18 heavy (non-hydrogen) atoms. The van der Waals surface area contributed by atoms with Gasteiger partial charge in [-0.15, -0.1) is 12.4 Å². The second-order valence-electron chi connectivity index (χ2n) is 5.73. The highest BCUT2D eigenvalue weighted by atomic mass is 35.5. The maximum Gasteiger partial charge on any atom is 0.228 e. The van der Waals surface area contributed by atoms with Crippen molar-refractivity contribution >= 4 is 18.3 Å². The Hall–Kier alpha value is -0.320. The number of hydrogen-bond donors (Lipinski definition) is 2. The first-order chi connectivity index (χ1) is 8.15. The van der Waals surface area contributed by atoms with Crippen molar-refractivity contribution in [3.63, 3.8) is 0 Å². The number of rotatable bonds is 2. The summed E-state index contributed by atoms with van der Waals surface area (Å²) in [6.07, 6.45) is 3.81. The number of nitrogens with one attached hydrogen (secondary N) is 1. The van der Waals surface area contributed by atoms with Crippen LogP contribution in [-0.2, 0) is 4.79 Å². The maximum atomic E-state index is 12.5. The average Bonchev–Trinajstić information content (AvgIpc) is 2.39. The SMILES string of the molecule is CC1(C(=O)N2CCC(CO)CC2)CCNCC1.Cl. The Morgan fingerprint density at radius 1 is 1.33 bits per heavy atom. The van der Waals surface area contributed by atoms with Crippen molar-refractivity contribution in [1.82, 2.24) is 10.2 Å².